The lowest BCUT2D eigenvalue weighted by Gasteiger charge is -2.24. The van der Waals surface area contributed by atoms with Gasteiger partial charge in [-0.2, -0.15) is 0 Å². The molecule has 4 aromatic rings. The standard InChI is InChI=1S/C31H38N6O5/c1-4-17(2)27(32)30(40)35-18(3)28(38)36-25(13-19-15-33-23-11-7-5-9-21(19)23)29(39)37-26(31(41)42)14-20-16-34-24-12-8-6-10-22(20)24/h5-12,15-18,25-27,33-34H,4,13-14,32H2,1-3H3,(H,35,40)(H,36,38)(H,37,39)(H,41,42). The molecule has 0 aliphatic rings. The number of nitrogens with one attached hydrogen (secondary N) is 5. The average Bonchev–Trinajstić information content (AvgIpc) is 3.59. The molecule has 8 N–H and O–H groups in total. The minimum Gasteiger partial charge on any atom is -0.480 e. The zero-order valence-corrected chi connectivity index (χ0v) is 23.9. The Kier molecular flexibility index (Phi) is 9.64. The van der Waals surface area contributed by atoms with E-state index in [1.54, 1.807) is 12.4 Å². The first-order chi connectivity index (χ1) is 20.1. The van der Waals surface area contributed by atoms with Crippen molar-refractivity contribution in [2.24, 2.45) is 11.7 Å². The number of carboxylic acid groups (broad SMARTS) is 1. The SMILES string of the molecule is CCC(C)C(N)C(=O)NC(C)C(=O)NC(Cc1c[nH]c2ccccc12)C(=O)NC(Cc1c[nH]c2ccccc12)C(=O)O. The van der Waals surface area contributed by atoms with Gasteiger partial charge in [-0.25, -0.2) is 4.79 Å². The van der Waals surface area contributed by atoms with Gasteiger partial charge in [-0.15, -0.1) is 0 Å². The van der Waals surface area contributed by atoms with Gasteiger partial charge >= 0.3 is 5.97 Å². The van der Waals surface area contributed by atoms with Crippen LogP contribution in [0.4, 0.5) is 0 Å². The lowest BCUT2D eigenvalue weighted by Crippen LogP contribution is -2.57. The summed E-state index contributed by atoms with van der Waals surface area (Å²) in [6, 6.07) is 10.9. The van der Waals surface area contributed by atoms with E-state index in [1.165, 1.54) is 6.92 Å². The van der Waals surface area contributed by atoms with E-state index in [0.717, 1.165) is 32.9 Å². The van der Waals surface area contributed by atoms with Gasteiger partial charge in [0, 0.05) is 47.0 Å². The summed E-state index contributed by atoms with van der Waals surface area (Å²) in [5.74, 6) is -3.00. The van der Waals surface area contributed by atoms with Crippen LogP contribution in [0.3, 0.4) is 0 Å². The molecule has 0 saturated heterocycles. The minimum atomic E-state index is -1.25. The van der Waals surface area contributed by atoms with Crippen LogP contribution in [0.1, 0.15) is 38.3 Å². The number of nitrogens with two attached hydrogens (primary N) is 1. The van der Waals surface area contributed by atoms with E-state index in [0.29, 0.717) is 6.42 Å². The van der Waals surface area contributed by atoms with Gasteiger partial charge in [-0.3, -0.25) is 14.4 Å². The molecule has 4 rings (SSSR count). The van der Waals surface area contributed by atoms with Crippen LogP contribution in [0.2, 0.25) is 0 Å². The number of carbonyl (C=O) groups is 4. The van der Waals surface area contributed by atoms with Crippen LogP contribution in [-0.2, 0) is 32.0 Å². The van der Waals surface area contributed by atoms with Crippen LogP contribution in [-0.4, -0.2) is 62.9 Å². The largest absolute Gasteiger partial charge is 0.480 e. The van der Waals surface area contributed by atoms with Gasteiger partial charge in [0.1, 0.15) is 18.1 Å². The summed E-state index contributed by atoms with van der Waals surface area (Å²) in [5.41, 5.74) is 9.24. The van der Waals surface area contributed by atoms with Crippen molar-refractivity contribution in [3.8, 4) is 0 Å². The van der Waals surface area contributed by atoms with Crippen molar-refractivity contribution in [1.82, 2.24) is 25.9 Å². The number of benzene rings is 2. The quantitative estimate of drug-likeness (QED) is 0.129. The second-order valence-corrected chi connectivity index (χ2v) is 10.7. The van der Waals surface area contributed by atoms with Crippen LogP contribution in [0.25, 0.3) is 21.8 Å². The molecule has 0 radical (unpaired) electrons. The minimum absolute atomic E-state index is 0.0405. The molecule has 0 spiro atoms. The van der Waals surface area contributed by atoms with Gasteiger partial charge in [-0.05, 0) is 36.1 Å². The number of hydrogen-bond donors (Lipinski definition) is 7. The number of aliphatic carboxylic acids is 1. The Morgan fingerprint density at radius 1 is 0.762 bits per heavy atom. The molecule has 2 aromatic carbocycles. The second kappa shape index (κ2) is 13.3. The van der Waals surface area contributed by atoms with Gasteiger partial charge in [0.15, 0.2) is 0 Å². The molecule has 0 bridgehead atoms. The van der Waals surface area contributed by atoms with Gasteiger partial charge in [-0.1, -0.05) is 56.7 Å². The number of fused-ring (bicyclic) bond motifs is 2. The van der Waals surface area contributed by atoms with Gasteiger partial charge in [0.05, 0.1) is 6.04 Å². The molecular formula is C31H38N6O5. The molecule has 11 nitrogen and oxygen atoms in total. The fraction of sp³-hybridized carbons (Fsp3) is 0.355. The first-order valence-corrected chi connectivity index (χ1v) is 14.1. The third kappa shape index (κ3) is 6.98. The summed E-state index contributed by atoms with van der Waals surface area (Å²) in [5, 5.41) is 19.7. The molecule has 42 heavy (non-hydrogen) atoms. The molecule has 0 aliphatic carbocycles. The lowest BCUT2D eigenvalue weighted by atomic mass is 9.99. The maximum absolute atomic E-state index is 13.6. The Bertz CT molecular complexity index is 1580. The van der Waals surface area contributed by atoms with Crippen molar-refractivity contribution < 1.29 is 24.3 Å². The topological polar surface area (TPSA) is 182 Å². The molecular weight excluding hydrogens is 536 g/mol. The van der Waals surface area contributed by atoms with E-state index in [1.807, 2.05) is 62.4 Å². The van der Waals surface area contributed by atoms with Crippen LogP contribution >= 0.6 is 0 Å². The summed E-state index contributed by atoms with van der Waals surface area (Å²) < 4.78 is 0. The summed E-state index contributed by atoms with van der Waals surface area (Å²) in [4.78, 5) is 57.9. The highest BCUT2D eigenvalue weighted by atomic mass is 16.4. The Labute approximate surface area is 243 Å². The highest BCUT2D eigenvalue weighted by Crippen LogP contribution is 2.21. The molecule has 5 atom stereocenters. The maximum Gasteiger partial charge on any atom is 0.326 e. The zero-order valence-electron chi connectivity index (χ0n) is 23.9. The number of carbonyl (C=O) groups excluding carboxylic acids is 3. The van der Waals surface area contributed by atoms with Crippen molar-refractivity contribution in [3.05, 3.63) is 72.1 Å². The summed E-state index contributed by atoms with van der Waals surface area (Å²) >= 11 is 0. The Hall–Kier alpha value is -4.64. The zero-order chi connectivity index (χ0) is 30.4. The lowest BCUT2D eigenvalue weighted by molar-refractivity contribution is -0.142. The first kappa shape index (κ1) is 30.3. The summed E-state index contributed by atoms with van der Waals surface area (Å²) in [6.45, 7) is 5.28. The van der Waals surface area contributed by atoms with E-state index in [4.69, 9.17) is 5.73 Å². The number of hydrogen-bond acceptors (Lipinski definition) is 5. The van der Waals surface area contributed by atoms with Gasteiger partial charge in [0.25, 0.3) is 0 Å². The number of amides is 3. The van der Waals surface area contributed by atoms with Crippen LogP contribution in [0, 0.1) is 5.92 Å². The predicted octanol–water partition coefficient (Wildman–Crippen LogP) is 2.37. The van der Waals surface area contributed by atoms with Gasteiger partial charge in [0.2, 0.25) is 17.7 Å². The highest BCUT2D eigenvalue weighted by Gasteiger charge is 2.30. The van der Waals surface area contributed by atoms with E-state index in [2.05, 4.69) is 25.9 Å². The summed E-state index contributed by atoms with van der Waals surface area (Å²) in [6.07, 6.45) is 4.32. The van der Waals surface area contributed by atoms with Crippen LogP contribution in [0.5, 0.6) is 0 Å². The molecule has 0 saturated carbocycles. The van der Waals surface area contributed by atoms with E-state index >= 15 is 0 Å². The van der Waals surface area contributed by atoms with Gasteiger partial charge < -0.3 is 36.8 Å². The Balaban J connectivity index is 1.53. The number of aromatic nitrogens is 2. The molecule has 5 unspecified atom stereocenters. The number of rotatable bonds is 13. The molecule has 2 aromatic heterocycles. The molecule has 222 valence electrons. The molecule has 2 heterocycles. The highest BCUT2D eigenvalue weighted by molar-refractivity contribution is 5.95. The van der Waals surface area contributed by atoms with Crippen molar-refractivity contribution in [1.29, 1.82) is 0 Å². The van der Waals surface area contributed by atoms with Crippen molar-refractivity contribution >= 4 is 45.5 Å². The number of aromatic amines is 2. The van der Waals surface area contributed by atoms with E-state index < -0.39 is 47.9 Å². The maximum atomic E-state index is 13.6. The van der Waals surface area contributed by atoms with Crippen LogP contribution < -0.4 is 21.7 Å². The third-order valence-electron chi connectivity index (χ3n) is 7.76. The Morgan fingerprint density at radius 2 is 1.26 bits per heavy atom. The number of para-hydroxylation sites is 2. The molecule has 0 aliphatic heterocycles. The average molecular weight is 575 g/mol. The molecule has 0 fully saturated rings. The van der Waals surface area contributed by atoms with Crippen molar-refractivity contribution in [2.45, 2.75) is 64.2 Å². The van der Waals surface area contributed by atoms with Crippen molar-refractivity contribution in [2.75, 3.05) is 0 Å². The Morgan fingerprint density at radius 3 is 1.79 bits per heavy atom. The molecule has 3 amide bonds. The fourth-order valence-electron chi connectivity index (χ4n) is 4.91. The smallest absolute Gasteiger partial charge is 0.326 e. The monoisotopic (exact) mass is 574 g/mol. The number of carboxylic acids is 1. The first-order valence-electron chi connectivity index (χ1n) is 14.1. The summed E-state index contributed by atoms with van der Waals surface area (Å²) in [7, 11) is 0. The van der Waals surface area contributed by atoms with E-state index in [9.17, 15) is 24.3 Å². The fourth-order valence-corrected chi connectivity index (χ4v) is 4.91. The third-order valence-corrected chi connectivity index (χ3v) is 7.76. The predicted molar refractivity (Wildman–Crippen MR) is 161 cm³/mol. The van der Waals surface area contributed by atoms with Crippen molar-refractivity contribution in [3.63, 3.8) is 0 Å². The molecule has 11 heteroatoms. The number of H-pyrrole nitrogens is 2. The van der Waals surface area contributed by atoms with E-state index in [-0.39, 0.29) is 18.8 Å². The van der Waals surface area contributed by atoms with Crippen LogP contribution in [0.15, 0.2) is 60.9 Å². The second-order valence-electron chi connectivity index (χ2n) is 10.7. The normalized spacial score (nSPS) is 15.0.